The van der Waals surface area contributed by atoms with Crippen LogP contribution in [0.15, 0.2) is 39.7 Å². The molecule has 3 rings (SSSR count). The summed E-state index contributed by atoms with van der Waals surface area (Å²) in [7, 11) is 0. The van der Waals surface area contributed by atoms with Crippen LogP contribution >= 0.6 is 35.7 Å². The van der Waals surface area contributed by atoms with Gasteiger partial charge in [0.15, 0.2) is 5.96 Å². The molecule has 0 amide bonds. The van der Waals surface area contributed by atoms with Crippen molar-refractivity contribution in [1.82, 2.24) is 10.6 Å². The highest BCUT2D eigenvalue weighted by atomic mass is 127. The van der Waals surface area contributed by atoms with E-state index in [-0.39, 0.29) is 24.0 Å². The average molecular weight is 559 g/mol. The molecule has 1 atom stereocenters. The van der Waals surface area contributed by atoms with Crippen LogP contribution in [0, 0.1) is 13.8 Å². The molecule has 1 aliphatic rings. The van der Waals surface area contributed by atoms with Crippen molar-refractivity contribution in [2.75, 3.05) is 42.6 Å². The number of thioether (sulfide) groups is 1. The molecule has 0 radical (unpaired) electrons. The smallest absolute Gasteiger partial charge is 0.191 e. The van der Waals surface area contributed by atoms with Crippen LogP contribution in [0.1, 0.15) is 36.5 Å². The number of benzene rings is 1. The Hall–Kier alpha value is -1.39. The number of furan rings is 1. The van der Waals surface area contributed by atoms with Crippen LogP contribution in [0.2, 0.25) is 0 Å². The number of rotatable bonds is 7. The van der Waals surface area contributed by atoms with Crippen molar-refractivity contribution in [3.63, 3.8) is 0 Å². The highest BCUT2D eigenvalue weighted by molar-refractivity contribution is 14.0. The van der Waals surface area contributed by atoms with Gasteiger partial charge < -0.3 is 25.1 Å². The van der Waals surface area contributed by atoms with Crippen LogP contribution in [0.5, 0.6) is 0 Å². The summed E-state index contributed by atoms with van der Waals surface area (Å²) in [6, 6.07) is 10.6. The lowest BCUT2D eigenvalue weighted by Gasteiger charge is -2.28. The van der Waals surface area contributed by atoms with E-state index in [4.69, 9.17) is 9.41 Å². The topological polar surface area (TPSA) is 73.0 Å². The molecule has 2 aromatic rings. The second kappa shape index (κ2) is 12.0. The van der Waals surface area contributed by atoms with Gasteiger partial charge in [0.05, 0.1) is 13.1 Å². The first kappa shape index (κ1) is 25.9. The number of hydrogen-bond acceptors (Lipinski definition) is 5. The quantitative estimate of drug-likeness (QED) is 0.271. The predicted molar refractivity (Wildman–Crippen MR) is 142 cm³/mol. The summed E-state index contributed by atoms with van der Waals surface area (Å²) in [5, 5.41) is 17.4. The lowest BCUT2D eigenvalue weighted by molar-refractivity contribution is 0.0601. The molecule has 2 heterocycles. The van der Waals surface area contributed by atoms with E-state index >= 15 is 0 Å². The van der Waals surface area contributed by atoms with Gasteiger partial charge in [-0.05, 0) is 51.5 Å². The van der Waals surface area contributed by atoms with Gasteiger partial charge in [0.25, 0.3) is 0 Å². The maximum absolute atomic E-state index is 10.9. The van der Waals surface area contributed by atoms with Crippen LogP contribution in [0.25, 0.3) is 0 Å². The van der Waals surface area contributed by atoms with Gasteiger partial charge in [0, 0.05) is 42.4 Å². The van der Waals surface area contributed by atoms with E-state index in [1.54, 1.807) is 6.92 Å². The van der Waals surface area contributed by atoms with E-state index in [1.807, 2.05) is 38.6 Å². The van der Waals surface area contributed by atoms with Crippen molar-refractivity contribution in [2.24, 2.45) is 4.99 Å². The summed E-state index contributed by atoms with van der Waals surface area (Å²) in [4.78, 5) is 7.13. The Labute approximate surface area is 207 Å². The lowest BCUT2D eigenvalue weighted by atomic mass is 9.96. The third-order valence-electron chi connectivity index (χ3n) is 5.30. The van der Waals surface area contributed by atoms with Gasteiger partial charge in [0.1, 0.15) is 17.1 Å². The number of aliphatic imine (C=N–C) groups is 1. The number of hydrogen-bond donors (Lipinski definition) is 3. The molecule has 8 heteroatoms. The zero-order chi connectivity index (χ0) is 21.6. The molecule has 6 nitrogen and oxygen atoms in total. The molecule has 1 saturated heterocycles. The summed E-state index contributed by atoms with van der Waals surface area (Å²) in [6.07, 6.45) is 0. The summed E-state index contributed by atoms with van der Waals surface area (Å²) in [6.45, 7) is 11.5. The second-order valence-corrected chi connectivity index (χ2v) is 9.14. The van der Waals surface area contributed by atoms with Crippen LogP contribution in [0.3, 0.4) is 0 Å². The molecule has 0 aliphatic carbocycles. The maximum atomic E-state index is 10.9. The zero-order valence-electron chi connectivity index (χ0n) is 18.9. The molecule has 0 saturated carbocycles. The molecule has 1 aromatic heterocycles. The predicted octanol–water partition coefficient (Wildman–Crippen LogP) is 4.03. The molecule has 172 valence electrons. The molecule has 1 aromatic carbocycles. The van der Waals surface area contributed by atoms with Crippen LogP contribution in [-0.2, 0) is 12.1 Å². The minimum absolute atomic E-state index is 0. The minimum Gasteiger partial charge on any atom is -0.466 e. The van der Waals surface area contributed by atoms with Gasteiger partial charge >= 0.3 is 0 Å². The van der Waals surface area contributed by atoms with Gasteiger partial charge in [-0.15, -0.1) is 24.0 Å². The van der Waals surface area contributed by atoms with Crippen molar-refractivity contribution in [1.29, 1.82) is 0 Å². The fraction of sp³-hybridized carbons (Fsp3) is 0.522. The van der Waals surface area contributed by atoms with Crippen molar-refractivity contribution in [3.8, 4) is 0 Å². The fourth-order valence-corrected chi connectivity index (χ4v) is 4.57. The number of anilines is 1. The van der Waals surface area contributed by atoms with E-state index < -0.39 is 5.60 Å². The Morgan fingerprint density at radius 2 is 1.87 bits per heavy atom. The SMILES string of the molecule is CCNC(=NCc1ccc(N2CCSCC2)cc1)NCC(C)(O)c1cc(C)oc1C.I. The normalized spacial score (nSPS) is 16.4. The Bertz CT molecular complexity index is 846. The molecule has 1 unspecified atom stereocenters. The van der Waals surface area contributed by atoms with Crippen LogP contribution < -0.4 is 15.5 Å². The number of halogens is 1. The molecule has 0 spiro atoms. The van der Waals surface area contributed by atoms with Crippen molar-refractivity contribution >= 4 is 47.4 Å². The molecule has 3 N–H and O–H groups in total. The third-order valence-corrected chi connectivity index (χ3v) is 6.24. The third kappa shape index (κ3) is 7.32. The number of guanidine groups is 1. The Balaban J connectivity index is 0.00000341. The monoisotopic (exact) mass is 558 g/mol. The van der Waals surface area contributed by atoms with Crippen molar-refractivity contribution in [2.45, 2.75) is 39.8 Å². The van der Waals surface area contributed by atoms with Gasteiger partial charge in [-0.3, -0.25) is 0 Å². The maximum Gasteiger partial charge on any atom is 0.191 e. The zero-order valence-corrected chi connectivity index (χ0v) is 22.0. The molecule has 0 bridgehead atoms. The average Bonchev–Trinajstić information content (AvgIpc) is 3.10. The Morgan fingerprint density at radius 1 is 1.19 bits per heavy atom. The highest BCUT2D eigenvalue weighted by Crippen LogP contribution is 2.26. The lowest BCUT2D eigenvalue weighted by Crippen LogP contribution is -2.44. The fourth-order valence-electron chi connectivity index (χ4n) is 3.66. The van der Waals surface area contributed by atoms with Gasteiger partial charge in [-0.2, -0.15) is 11.8 Å². The van der Waals surface area contributed by atoms with Gasteiger partial charge in [-0.1, -0.05) is 12.1 Å². The highest BCUT2D eigenvalue weighted by Gasteiger charge is 2.27. The molecule has 1 fully saturated rings. The van der Waals surface area contributed by atoms with Crippen LogP contribution in [-0.4, -0.2) is 48.8 Å². The summed E-state index contributed by atoms with van der Waals surface area (Å²) < 4.78 is 5.58. The number of nitrogens with zero attached hydrogens (tertiary/aromatic N) is 2. The number of aliphatic hydroxyl groups is 1. The number of aryl methyl sites for hydroxylation is 2. The molecular formula is C23H35IN4O2S. The van der Waals surface area contributed by atoms with E-state index in [0.29, 0.717) is 19.0 Å². The summed E-state index contributed by atoms with van der Waals surface area (Å²) >= 11 is 2.02. The summed E-state index contributed by atoms with van der Waals surface area (Å²) in [5.74, 6) is 4.63. The van der Waals surface area contributed by atoms with Crippen LogP contribution in [0.4, 0.5) is 5.69 Å². The number of nitrogens with one attached hydrogen (secondary N) is 2. The summed E-state index contributed by atoms with van der Waals surface area (Å²) in [5.41, 5.74) is 2.20. The van der Waals surface area contributed by atoms with Crippen molar-refractivity contribution < 1.29 is 9.52 Å². The van der Waals surface area contributed by atoms with Crippen molar-refractivity contribution in [3.05, 3.63) is 53.0 Å². The molecular weight excluding hydrogens is 523 g/mol. The van der Waals surface area contributed by atoms with Gasteiger partial charge in [-0.25, -0.2) is 4.99 Å². The largest absolute Gasteiger partial charge is 0.466 e. The first-order chi connectivity index (χ1) is 14.4. The van der Waals surface area contributed by atoms with E-state index in [2.05, 4.69) is 39.8 Å². The molecule has 1 aliphatic heterocycles. The standard InChI is InChI=1S/C23H34N4O2S.HI/c1-5-24-22(26-16-23(4,28)21-14-17(2)29-18(21)3)25-15-19-6-8-20(9-7-19)27-10-12-30-13-11-27;/h6-9,14,28H,5,10-13,15-16H2,1-4H3,(H2,24,25,26);1H. The van der Waals surface area contributed by atoms with E-state index in [1.165, 1.54) is 17.2 Å². The minimum atomic E-state index is -1.05. The Morgan fingerprint density at radius 3 is 2.45 bits per heavy atom. The Kier molecular flexibility index (Phi) is 10.0. The first-order valence-corrected chi connectivity index (χ1v) is 11.8. The molecule has 31 heavy (non-hydrogen) atoms. The second-order valence-electron chi connectivity index (χ2n) is 7.92. The van der Waals surface area contributed by atoms with E-state index in [9.17, 15) is 5.11 Å². The van der Waals surface area contributed by atoms with E-state index in [0.717, 1.165) is 42.3 Å². The van der Waals surface area contributed by atoms with Gasteiger partial charge in [0.2, 0.25) is 0 Å². The first-order valence-electron chi connectivity index (χ1n) is 10.6.